The maximum absolute atomic E-state index is 10.7. The first-order chi connectivity index (χ1) is 8.11. The molecule has 0 radical (unpaired) electrons. The molecule has 2 aromatic rings. The van der Waals surface area contributed by atoms with Gasteiger partial charge in [0.25, 0.3) is 0 Å². The van der Waals surface area contributed by atoms with Gasteiger partial charge in [0.15, 0.2) is 0 Å². The summed E-state index contributed by atoms with van der Waals surface area (Å²) in [5.74, 6) is 1.59. The summed E-state index contributed by atoms with van der Waals surface area (Å²) in [6.07, 6.45) is 5.32. The van der Waals surface area contributed by atoms with Gasteiger partial charge in [0, 0.05) is 10.4 Å². The number of hydrogen-bond acceptors (Lipinski definition) is 3. The van der Waals surface area contributed by atoms with E-state index in [1.54, 1.807) is 24.3 Å². The quantitative estimate of drug-likeness (QED) is 0.825. The van der Waals surface area contributed by atoms with Gasteiger partial charge in [-0.1, -0.05) is 12.1 Å². The fourth-order valence-corrected chi connectivity index (χ4v) is 2.29. The summed E-state index contributed by atoms with van der Waals surface area (Å²) in [6, 6.07) is 6.60. The predicted molar refractivity (Wildman–Crippen MR) is 67.2 cm³/mol. The summed E-state index contributed by atoms with van der Waals surface area (Å²) < 4.78 is 0. The van der Waals surface area contributed by atoms with Crippen molar-refractivity contribution in [3.8, 4) is 22.9 Å². The lowest BCUT2D eigenvalue weighted by Crippen LogP contribution is -1.94. The Morgan fingerprint density at radius 3 is 2.53 bits per heavy atom. The second kappa shape index (κ2) is 4.40. The van der Waals surface area contributed by atoms with Gasteiger partial charge in [0.1, 0.15) is 10.7 Å². The lowest BCUT2D eigenvalue weighted by atomic mass is 10.1. The van der Waals surface area contributed by atoms with E-state index in [9.17, 15) is 4.79 Å². The number of rotatable bonds is 2. The zero-order valence-electron chi connectivity index (χ0n) is 9.10. The lowest BCUT2D eigenvalue weighted by molar-refractivity contribution is 0.0697. The van der Waals surface area contributed by atoms with E-state index in [0.717, 1.165) is 15.4 Å². The van der Waals surface area contributed by atoms with E-state index < -0.39 is 5.97 Å². The van der Waals surface area contributed by atoms with Crippen LogP contribution in [0.5, 0.6) is 0 Å². The Morgan fingerprint density at radius 2 is 2.06 bits per heavy atom. The van der Waals surface area contributed by atoms with E-state index in [-0.39, 0.29) is 5.56 Å². The van der Waals surface area contributed by atoms with E-state index >= 15 is 0 Å². The number of aromatic nitrogens is 1. The summed E-state index contributed by atoms with van der Waals surface area (Å²) in [4.78, 5) is 16.0. The van der Waals surface area contributed by atoms with Crippen molar-refractivity contribution in [1.82, 2.24) is 4.98 Å². The molecule has 3 nitrogen and oxygen atoms in total. The number of aryl methyl sites for hydroxylation is 1. The van der Waals surface area contributed by atoms with E-state index in [0.29, 0.717) is 5.69 Å². The first-order valence-corrected chi connectivity index (χ1v) is 5.71. The van der Waals surface area contributed by atoms with E-state index in [4.69, 9.17) is 11.5 Å². The minimum atomic E-state index is -0.934. The van der Waals surface area contributed by atoms with Crippen LogP contribution in [0.25, 0.3) is 10.6 Å². The molecule has 17 heavy (non-hydrogen) atoms. The smallest absolute Gasteiger partial charge is 0.335 e. The largest absolute Gasteiger partial charge is 0.478 e. The zero-order valence-corrected chi connectivity index (χ0v) is 9.91. The molecule has 2 rings (SSSR count). The third-order valence-electron chi connectivity index (χ3n) is 2.31. The number of thiazole rings is 1. The molecule has 0 spiro atoms. The average Bonchev–Trinajstić information content (AvgIpc) is 2.70. The summed E-state index contributed by atoms with van der Waals surface area (Å²) in [7, 11) is 0. The highest BCUT2D eigenvalue weighted by atomic mass is 32.1. The molecular weight excluding hydrogens is 234 g/mol. The SMILES string of the molecule is C#Cc1nc(-c2ccc(C(=O)O)cc2)sc1C. The second-order valence-electron chi connectivity index (χ2n) is 3.45. The van der Waals surface area contributed by atoms with Crippen LogP contribution in [0, 0.1) is 19.3 Å². The molecule has 0 atom stereocenters. The fraction of sp³-hybridized carbons (Fsp3) is 0.0769. The topological polar surface area (TPSA) is 50.2 Å². The normalized spacial score (nSPS) is 9.88. The van der Waals surface area contributed by atoms with Gasteiger partial charge in [-0.05, 0) is 25.0 Å². The Kier molecular flexibility index (Phi) is 2.94. The summed E-state index contributed by atoms with van der Waals surface area (Å²) in [5.41, 5.74) is 1.79. The molecule has 4 heteroatoms. The summed E-state index contributed by atoms with van der Waals surface area (Å²) in [5, 5.41) is 9.61. The standard InChI is InChI=1S/C13H9NO2S/c1-3-11-8(2)17-12(14-11)9-4-6-10(7-5-9)13(15)16/h1,4-7H,2H3,(H,15,16). The van der Waals surface area contributed by atoms with E-state index in [2.05, 4.69) is 10.9 Å². The molecule has 0 saturated heterocycles. The monoisotopic (exact) mass is 243 g/mol. The van der Waals surface area contributed by atoms with Crippen LogP contribution in [-0.2, 0) is 0 Å². The number of aromatic carboxylic acids is 1. The Morgan fingerprint density at radius 1 is 1.41 bits per heavy atom. The number of hydrogen-bond donors (Lipinski definition) is 1. The van der Waals surface area contributed by atoms with Gasteiger partial charge in [0.05, 0.1) is 5.56 Å². The zero-order chi connectivity index (χ0) is 12.4. The van der Waals surface area contributed by atoms with Crippen molar-refractivity contribution in [2.45, 2.75) is 6.92 Å². The maximum Gasteiger partial charge on any atom is 0.335 e. The number of nitrogens with zero attached hydrogens (tertiary/aromatic N) is 1. The highest BCUT2D eigenvalue weighted by Crippen LogP contribution is 2.27. The molecule has 0 aliphatic rings. The first-order valence-electron chi connectivity index (χ1n) is 4.89. The van der Waals surface area contributed by atoms with Gasteiger partial charge in [0.2, 0.25) is 0 Å². The minimum absolute atomic E-state index is 0.263. The molecule has 0 bridgehead atoms. The molecule has 1 aromatic heterocycles. The molecular formula is C13H9NO2S. The molecule has 0 fully saturated rings. The van der Waals surface area contributed by atoms with E-state index in [1.807, 2.05) is 6.92 Å². The van der Waals surface area contributed by atoms with Crippen LogP contribution in [0.15, 0.2) is 24.3 Å². The molecule has 0 amide bonds. The van der Waals surface area contributed by atoms with Crippen molar-refractivity contribution in [2.75, 3.05) is 0 Å². The maximum atomic E-state index is 10.7. The molecule has 1 N–H and O–H groups in total. The number of carbonyl (C=O) groups is 1. The van der Waals surface area contributed by atoms with Gasteiger partial charge in [-0.15, -0.1) is 17.8 Å². The van der Waals surface area contributed by atoms with Crippen LogP contribution in [0.3, 0.4) is 0 Å². The third-order valence-corrected chi connectivity index (χ3v) is 3.33. The Hall–Kier alpha value is -2.12. The summed E-state index contributed by atoms with van der Waals surface area (Å²) in [6.45, 7) is 1.92. The van der Waals surface area contributed by atoms with Crippen LogP contribution in [0.4, 0.5) is 0 Å². The van der Waals surface area contributed by atoms with Crippen molar-refractivity contribution >= 4 is 17.3 Å². The Labute approximate surface area is 103 Å². The average molecular weight is 243 g/mol. The van der Waals surface area contributed by atoms with Crippen molar-refractivity contribution < 1.29 is 9.90 Å². The number of carboxylic acid groups (broad SMARTS) is 1. The Balaban J connectivity index is 2.40. The van der Waals surface area contributed by atoms with Crippen LogP contribution in [0.1, 0.15) is 20.9 Å². The van der Waals surface area contributed by atoms with Gasteiger partial charge >= 0.3 is 5.97 Å². The molecule has 0 saturated carbocycles. The van der Waals surface area contributed by atoms with Gasteiger partial charge in [-0.2, -0.15) is 0 Å². The van der Waals surface area contributed by atoms with Gasteiger partial charge in [-0.25, -0.2) is 9.78 Å². The predicted octanol–water partition coefficient (Wildman–Crippen LogP) is 2.80. The van der Waals surface area contributed by atoms with Gasteiger partial charge in [-0.3, -0.25) is 0 Å². The van der Waals surface area contributed by atoms with Crippen LogP contribution in [0.2, 0.25) is 0 Å². The number of terminal acetylenes is 1. The molecule has 0 aliphatic carbocycles. The molecule has 0 unspecified atom stereocenters. The second-order valence-corrected chi connectivity index (χ2v) is 4.65. The Bertz CT molecular complexity index is 605. The summed E-state index contributed by atoms with van der Waals surface area (Å²) >= 11 is 1.51. The highest BCUT2D eigenvalue weighted by molar-refractivity contribution is 7.15. The van der Waals surface area contributed by atoms with Crippen LogP contribution in [-0.4, -0.2) is 16.1 Å². The van der Waals surface area contributed by atoms with Crippen molar-refractivity contribution in [3.05, 3.63) is 40.4 Å². The van der Waals surface area contributed by atoms with Crippen molar-refractivity contribution in [3.63, 3.8) is 0 Å². The molecule has 0 aliphatic heterocycles. The third kappa shape index (κ3) is 2.19. The van der Waals surface area contributed by atoms with Crippen molar-refractivity contribution in [1.29, 1.82) is 0 Å². The molecule has 1 heterocycles. The van der Waals surface area contributed by atoms with Crippen LogP contribution >= 0.6 is 11.3 Å². The van der Waals surface area contributed by atoms with E-state index in [1.165, 1.54) is 11.3 Å². The van der Waals surface area contributed by atoms with Crippen molar-refractivity contribution in [2.24, 2.45) is 0 Å². The molecule has 84 valence electrons. The fourth-order valence-electron chi connectivity index (χ4n) is 1.41. The first kappa shape index (κ1) is 11.4. The highest BCUT2D eigenvalue weighted by Gasteiger charge is 2.08. The minimum Gasteiger partial charge on any atom is -0.478 e. The van der Waals surface area contributed by atoms with Gasteiger partial charge < -0.3 is 5.11 Å². The lowest BCUT2D eigenvalue weighted by Gasteiger charge is -1.97. The van der Waals surface area contributed by atoms with Crippen LogP contribution < -0.4 is 0 Å². The number of benzene rings is 1. The number of carboxylic acids is 1. The molecule has 1 aromatic carbocycles.